The predicted molar refractivity (Wildman–Crippen MR) is 103 cm³/mol. The molecule has 0 saturated carbocycles. The Balaban J connectivity index is 2.07. The van der Waals surface area contributed by atoms with Gasteiger partial charge in [-0.15, -0.1) is 11.8 Å². The molecule has 28 heavy (non-hydrogen) atoms. The molecule has 0 aliphatic rings. The summed E-state index contributed by atoms with van der Waals surface area (Å²) in [6, 6.07) is 10.2. The molecule has 0 radical (unpaired) electrons. The van der Waals surface area contributed by atoms with E-state index in [1.165, 1.54) is 35.9 Å². The van der Waals surface area contributed by atoms with Crippen LogP contribution in [0.5, 0.6) is 5.75 Å². The molecule has 2 rings (SSSR count). The lowest BCUT2D eigenvalue weighted by Gasteiger charge is -2.12. The molecule has 0 saturated heterocycles. The van der Waals surface area contributed by atoms with Gasteiger partial charge in [-0.3, -0.25) is 9.59 Å². The number of amides is 1. The number of thioether (sulfide) groups is 1. The average molecular weight is 405 g/mol. The van der Waals surface area contributed by atoms with Gasteiger partial charge in [0.2, 0.25) is 11.7 Å². The van der Waals surface area contributed by atoms with Crippen molar-refractivity contribution in [3.63, 3.8) is 0 Å². The first kappa shape index (κ1) is 21.4. The predicted octanol–water partition coefficient (Wildman–Crippen LogP) is 3.05. The molecule has 0 N–H and O–H groups in total. The van der Waals surface area contributed by atoms with Gasteiger partial charge in [0, 0.05) is 19.0 Å². The number of nitrogens with zero attached hydrogens (tertiary/aromatic N) is 1. The SMILES string of the molecule is COc1ccc(F)cc1C(=O)COC(=O)c1ccccc1SCC(=O)N(C)C. The number of rotatable bonds is 8. The van der Waals surface area contributed by atoms with Crippen molar-refractivity contribution in [3.8, 4) is 5.75 Å². The van der Waals surface area contributed by atoms with Gasteiger partial charge in [0.05, 0.1) is 24.0 Å². The van der Waals surface area contributed by atoms with E-state index in [0.717, 1.165) is 6.07 Å². The molecule has 0 bridgehead atoms. The summed E-state index contributed by atoms with van der Waals surface area (Å²) in [5.41, 5.74) is 0.243. The van der Waals surface area contributed by atoms with Gasteiger partial charge in [0.1, 0.15) is 11.6 Å². The third kappa shape index (κ3) is 5.56. The molecule has 0 aliphatic carbocycles. The number of benzene rings is 2. The number of ketones is 1. The monoisotopic (exact) mass is 405 g/mol. The van der Waals surface area contributed by atoms with Gasteiger partial charge in [0.15, 0.2) is 6.61 Å². The smallest absolute Gasteiger partial charge is 0.339 e. The summed E-state index contributed by atoms with van der Waals surface area (Å²) in [7, 11) is 4.66. The number of ether oxygens (including phenoxy) is 2. The maximum absolute atomic E-state index is 13.4. The van der Waals surface area contributed by atoms with E-state index in [2.05, 4.69) is 0 Å². The minimum atomic E-state index is -0.705. The van der Waals surface area contributed by atoms with Crippen LogP contribution in [0.15, 0.2) is 47.4 Å². The zero-order valence-corrected chi connectivity index (χ0v) is 16.5. The third-order valence-corrected chi connectivity index (χ3v) is 4.81. The second-order valence-electron chi connectivity index (χ2n) is 5.92. The fourth-order valence-electron chi connectivity index (χ4n) is 2.21. The van der Waals surface area contributed by atoms with E-state index in [1.807, 2.05) is 0 Å². The molecule has 0 fully saturated rings. The highest BCUT2D eigenvalue weighted by molar-refractivity contribution is 8.00. The molecule has 0 aromatic heterocycles. The Hall–Kier alpha value is -2.87. The van der Waals surface area contributed by atoms with Crippen molar-refractivity contribution in [3.05, 3.63) is 59.4 Å². The molecule has 0 unspecified atom stereocenters. The maximum atomic E-state index is 13.4. The van der Waals surface area contributed by atoms with Gasteiger partial charge in [-0.2, -0.15) is 0 Å². The highest BCUT2D eigenvalue weighted by Crippen LogP contribution is 2.24. The number of carbonyl (C=O) groups excluding carboxylic acids is 3. The molecule has 2 aromatic rings. The molecule has 148 valence electrons. The Kier molecular flexibility index (Phi) is 7.57. The Morgan fingerprint density at radius 3 is 2.46 bits per heavy atom. The molecule has 2 aromatic carbocycles. The number of halogens is 1. The molecular formula is C20H20FNO5S. The highest BCUT2D eigenvalue weighted by Gasteiger charge is 2.19. The first-order valence-corrected chi connectivity index (χ1v) is 9.28. The Morgan fingerprint density at radius 2 is 1.79 bits per heavy atom. The first-order valence-electron chi connectivity index (χ1n) is 8.29. The summed E-state index contributed by atoms with van der Waals surface area (Å²) in [6.45, 7) is -0.561. The molecule has 0 aliphatic heterocycles. The van der Waals surface area contributed by atoms with Crippen molar-refractivity contribution in [2.45, 2.75) is 4.90 Å². The Labute approximate surface area is 166 Å². The van der Waals surface area contributed by atoms with Gasteiger partial charge in [-0.05, 0) is 30.3 Å². The third-order valence-electron chi connectivity index (χ3n) is 3.75. The number of hydrogen-bond donors (Lipinski definition) is 0. The van der Waals surface area contributed by atoms with Gasteiger partial charge >= 0.3 is 5.97 Å². The van der Waals surface area contributed by atoms with E-state index in [1.54, 1.807) is 38.4 Å². The maximum Gasteiger partial charge on any atom is 0.339 e. The van der Waals surface area contributed by atoms with Crippen molar-refractivity contribution in [1.82, 2.24) is 4.90 Å². The number of methoxy groups -OCH3 is 1. The van der Waals surface area contributed by atoms with E-state index in [9.17, 15) is 18.8 Å². The van der Waals surface area contributed by atoms with Crippen LogP contribution in [0.3, 0.4) is 0 Å². The molecule has 0 heterocycles. The average Bonchev–Trinajstić information content (AvgIpc) is 2.69. The van der Waals surface area contributed by atoms with E-state index >= 15 is 0 Å². The van der Waals surface area contributed by atoms with Crippen LogP contribution >= 0.6 is 11.8 Å². The van der Waals surface area contributed by atoms with Crippen molar-refractivity contribution < 1.29 is 28.2 Å². The standard InChI is InChI=1S/C20H20FNO5S/c1-22(2)19(24)12-28-18-7-5-4-6-14(18)20(25)27-11-16(23)15-10-13(21)8-9-17(15)26-3/h4-10H,11-12H2,1-3H3. The second kappa shape index (κ2) is 9.89. The Morgan fingerprint density at radius 1 is 1.07 bits per heavy atom. The van der Waals surface area contributed by atoms with Crippen molar-refractivity contribution in [1.29, 1.82) is 0 Å². The van der Waals surface area contributed by atoms with Crippen LogP contribution in [-0.4, -0.2) is 56.1 Å². The number of carbonyl (C=O) groups is 3. The van der Waals surface area contributed by atoms with Crippen molar-refractivity contribution in [2.24, 2.45) is 0 Å². The van der Waals surface area contributed by atoms with Crippen LogP contribution in [0.25, 0.3) is 0 Å². The van der Waals surface area contributed by atoms with E-state index in [0.29, 0.717) is 4.90 Å². The number of hydrogen-bond acceptors (Lipinski definition) is 6. The van der Waals surface area contributed by atoms with Crippen LogP contribution in [0.1, 0.15) is 20.7 Å². The van der Waals surface area contributed by atoms with Crippen LogP contribution in [0.2, 0.25) is 0 Å². The van der Waals surface area contributed by atoms with E-state index in [4.69, 9.17) is 9.47 Å². The summed E-state index contributed by atoms with van der Waals surface area (Å²) in [4.78, 5) is 38.5. The van der Waals surface area contributed by atoms with Crippen LogP contribution in [-0.2, 0) is 9.53 Å². The van der Waals surface area contributed by atoms with E-state index in [-0.39, 0.29) is 28.5 Å². The van der Waals surface area contributed by atoms with Gasteiger partial charge in [0.25, 0.3) is 0 Å². The zero-order chi connectivity index (χ0) is 20.7. The summed E-state index contributed by atoms with van der Waals surface area (Å²) >= 11 is 1.20. The fraction of sp³-hybridized carbons (Fsp3) is 0.250. The lowest BCUT2D eigenvalue weighted by atomic mass is 10.1. The van der Waals surface area contributed by atoms with Crippen molar-refractivity contribution in [2.75, 3.05) is 33.6 Å². The summed E-state index contributed by atoms with van der Waals surface area (Å²) in [5, 5.41) is 0. The normalized spacial score (nSPS) is 10.3. The molecule has 0 atom stereocenters. The van der Waals surface area contributed by atoms with Gasteiger partial charge in [-0.1, -0.05) is 12.1 Å². The highest BCUT2D eigenvalue weighted by atomic mass is 32.2. The lowest BCUT2D eigenvalue weighted by Crippen LogP contribution is -2.23. The molecule has 1 amide bonds. The summed E-state index contributed by atoms with van der Waals surface area (Å²) in [6.07, 6.45) is 0. The van der Waals surface area contributed by atoms with Crippen LogP contribution in [0, 0.1) is 5.82 Å². The topological polar surface area (TPSA) is 72.9 Å². The first-order chi connectivity index (χ1) is 13.3. The van der Waals surface area contributed by atoms with Gasteiger partial charge < -0.3 is 14.4 Å². The molecule has 0 spiro atoms. The summed E-state index contributed by atoms with van der Waals surface area (Å²) < 4.78 is 23.6. The minimum absolute atomic E-state index is 0.00506. The van der Waals surface area contributed by atoms with E-state index < -0.39 is 24.2 Å². The largest absolute Gasteiger partial charge is 0.496 e. The Bertz CT molecular complexity index is 885. The molecule has 6 nitrogen and oxygen atoms in total. The van der Waals surface area contributed by atoms with Gasteiger partial charge in [-0.25, -0.2) is 9.18 Å². The van der Waals surface area contributed by atoms with Crippen LogP contribution in [0.4, 0.5) is 4.39 Å². The zero-order valence-electron chi connectivity index (χ0n) is 15.7. The summed E-state index contributed by atoms with van der Waals surface area (Å²) in [5.74, 6) is -1.62. The van der Waals surface area contributed by atoms with Crippen molar-refractivity contribution >= 4 is 29.4 Å². The molecular weight excluding hydrogens is 385 g/mol. The second-order valence-corrected chi connectivity index (χ2v) is 6.93. The lowest BCUT2D eigenvalue weighted by molar-refractivity contribution is -0.125. The number of Topliss-reactive ketones (excluding diaryl/α,β-unsaturated/α-hetero) is 1. The fourth-order valence-corrected chi connectivity index (χ4v) is 3.23. The quantitative estimate of drug-likeness (QED) is 0.382. The van der Waals surface area contributed by atoms with Crippen LogP contribution < -0.4 is 4.74 Å². The molecule has 8 heteroatoms. The minimum Gasteiger partial charge on any atom is -0.496 e. The number of esters is 1.